The number of rotatable bonds is 25. The fraction of sp³-hybridized carbons (Fsp3) is 0.526. The van der Waals surface area contributed by atoms with Gasteiger partial charge in [0.2, 0.25) is 12.7 Å². The number of alkyl carbamates (subject to hydrolysis) is 2. The van der Waals surface area contributed by atoms with Crippen LogP contribution in [-0.4, -0.2) is 167 Å². The molecule has 0 spiro atoms. The first kappa shape index (κ1) is 70.9. The number of nitrogens with one attached hydrogen (secondary N) is 4. The summed E-state index contributed by atoms with van der Waals surface area (Å²) in [6, 6.07) is 6.20. The Morgan fingerprint density at radius 3 is 1.85 bits per heavy atom. The van der Waals surface area contributed by atoms with Crippen molar-refractivity contribution in [3.05, 3.63) is 101 Å². The predicted octanol–water partition coefficient (Wildman–Crippen LogP) is 7.26. The first-order valence-electron chi connectivity index (χ1n) is 28.1. The Labute approximate surface area is 515 Å². The summed E-state index contributed by atoms with van der Waals surface area (Å²) < 4.78 is 184. The third-order valence-corrected chi connectivity index (χ3v) is 16.6. The number of piperazine rings is 1. The van der Waals surface area contributed by atoms with Gasteiger partial charge < -0.3 is 49.6 Å². The van der Waals surface area contributed by atoms with Crippen LogP contribution in [0.2, 0.25) is 0 Å². The van der Waals surface area contributed by atoms with Gasteiger partial charge >= 0.3 is 44.9 Å². The van der Waals surface area contributed by atoms with E-state index in [-0.39, 0.29) is 15.9 Å². The standard InChI is InChI=1S/C57H67F10N10O13P/c1-54(2,56(62,63)64)47(70-52(81)86-5)49(79)69-44(21-33-10-7-32(8-11-33)9-12-34-13-17-45(68-24-34)74-26-37-15-16-38(27-74)77(37)39-29-88-30-39)35(14-18-46(78)89-31-90-91(83,84)85)25-75(73-50(80)48(71-53(82)87-6)55(3,4)57(65,66)67)28-40-41(58)22-36(23-42(40)59)43-19-20-76(72-43)51(60)61/h7-8,10-11,13,17,19-20,22-24,35,37-39,44,47-48,51H,14-16,18,21,25-31H2,1-6H3,(H,69,79)(H,70,81)(H,71,82)(H,73,80)(H2,83,84,85)/t35-,37?,38?,44-,47+,48+/m0/s1. The van der Waals surface area contributed by atoms with Gasteiger partial charge in [0.25, 0.3) is 5.91 Å². The lowest BCUT2D eigenvalue weighted by atomic mass is 9.82. The van der Waals surface area contributed by atoms with E-state index in [0.29, 0.717) is 74.1 Å². The van der Waals surface area contributed by atoms with Crippen molar-refractivity contribution in [3.63, 3.8) is 0 Å². The zero-order valence-electron chi connectivity index (χ0n) is 49.8. The lowest BCUT2D eigenvalue weighted by Crippen LogP contribution is -2.63. The number of hydrogen-bond donors (Lipinski definition) is 6. The highest BCUT2D eigenvalue weighted by Crippen LogP contribution is 2.43. The number of fused-ring (bicyclic) bond motifs is 2. The second-order valence-electron chi connectivity index (χ2n) is 23.0. The summed E-state index contributed by atoms with van der Waals surface area (Å²) in [5.74, 6) is -2.37. The molecular weight excluding hydrogens is 1250 g/mol. The molecule has 0 saturated carbocycles. The van der Waals surface area contributed by atoms with Crippen LogP contribution < -0.4 is 26.3 Å². The Morgan fingerprint density at radius 1 is 0.791 bits per heavy atom. The van der Waals surface area contributed by atoms with E-state index in [2.05, 4.69) is 56.5 Å². The van der Waals surface area contributed by atoms with Gasteiger partial charge in [0, 0.05) is 85.4 Å². The van der Waals surface area contributed by atoms with Crippen molar-refractivity contribution in [1.82, 2.24) is 46.0 Å². The number of methoxy groups -OCH3 is 2. The number of hydrazine groups is 1. The van der Waals surface area contributed by atoms with Crippen LogP contribution in [0.5, 0.6) is 0 Å². The van der Waals surface area contributed by atoms with Crippen LogP contribution in [0.3, 0.4) is 0 Å². The molecule has 3 saturated heterocycles. The SMILES string of the molecule is COC(=O)N[C@H](C(=O)N[C@@H](Cc1ccc(C#Cc2ccc(N3CC4CCC(C3)N4C3COC3)nc2)cc1)[C@@H](CCC(=O)OCOP(=O)(O)O)CN(Cc1c(F)cc(-c2ccn(C(F)F)n2)cc1F)NC(=O)[C@@H](NC(=O)OC)C(C)(C)C(F)(F)F)C(C)(C)C(F)(F)F. The molecule has 3 aliphatic heterocycles. The second kappa shape index (κ2) is 29.3. The highest BCUT2D eigenvalue weighted by molar-refractivity contribution is 7.46. The van der Waals surface area contributed by atoms with Crippen molar-refractivity contribution in [1.29, 1.82) is 0 Å². The number of halogens is 10. The maximum atomic E-state index is 16.4. The van der Waals surface area contributed by atoms with Crippen LogP contribution in [0, 0.1) is 40.2 Å². The molecule has 6 atom stereocenters. The highest BCUT2D eigenvalue weighted by Gasteiger charge is 2.57. The number of anilines is 1. The number of phosphoric ester groups is 1. The number of esters is 1. The average molecular weight is 1320 g/mol. The molecule has 7 rings (SSSR count). The van der Waals surface area contributed by atoms with Gasteiger partial charge in [-0.2, -0.15) is 40.2 Å². The maximum absolute atomic E-state index is 16.4. The largest absolute Gasteiger partial charge is 0.472 e. The minimum atomic E-state index is -5.31. The summed E-state index contributed by atoms with van der Waals surface area (Å²) in [5, 5.41) is 10.3. The maximum Gasteiger partial charge on any atom is 0.472 e. The molecule has 3 fully saturated rings. The lowest BCUT2D eigenvalue weighted by Gasteiger charge is -2.47. The molecule has 3 aliphatic rings. The van der Waals surface area contributed by atoms with E-state index in [0.717, 1.165) is 71.4 Å². The molecule has 2 bridgehead atoms. The number of alkyl halides is 8. The first-order valence-corrected chi connectivity index (χ1v) is 29.6. The number of aromatic nitrogens is 3. The molecule has 91 heavy (non-hydrogen) atoms. The fourth-order valence-corrected chi connectivity index (χ4v) is 10.8. The lowest BCUT2D eigenvalue weighted by molar-refractivity contribution is -0.221. The molecule has 0 aliphatic carbocycles. The van der Waals surface area contributed by atoms with Crippen LogP contribution in [0.1, 0.15) is 82.2 Å². The molecule has 4 aromatic rings. The van der Waals surface area contributed by atoms with Crippen LogP contribution >= 0.6 is 7.82 Å². The third kappa shape index (κ3) is 18.1. The quantitative estimate of drug-likeness (QED) is 0.00724. The van der Waals surface area contributed by atoms with Gasteiger partial charge in [-0.1, -0.05) is 24.0 Å². The van der Waals surface area contributed by atoms with Gasteiger partial charge in [-0.15, -0.1) is 0 Å². The van der Waals surface area contributed by atoms with Crippen LogP contribution in [-0.2, 0) is 55.4 Å². The number of hydrogen-bond acceptors (Lipinski definition) is 16. The number of nitrogens with zero attached hydrogens (tertiary/aromatic N) is 6. The van der Waals surface area contributed by atoms with Crippen LogP contribution in [0.4, 0.5) is 59.3 Å². The van der Waals surface area contributed by atoms with Crippen molar-refractivity contribution in [3.8, 4) is 23.1 Å². The van der Waals surface area contributed by atoms with Crippen molar-refractivity contribution in [2.24, 2.45) is 16.7 Å². The first-order chi connectivity index (χ1) is 42.6. The van der Waals surface area contributed by atoms with E-state index in [1.54, 1.807) is 17.6 Å². The third-order valence-electron chi connectivity index (χ3n) is 16.1. The number of amides is 4. The summed E-state index contributed by atoms with van der Waals surface area (Å²) in [4.78, 5) is 95.5. The Kier molecular flexibility index (Phi) is 22.8. The minimum Gasteiger partial charge on any atom is -0.453 e. The summed E-state index contributed by atoms with van der Waals surface area (Å²) in [5.41, 5.74) is -4.80. The molecule has 23 nitrogen and oxygen atoms in total. The van der Waals surface area contributed by atoms with E-state index in [9.17, 15) is 73.4 Å². The molecule has 2 aromatic carbocycles. The Bertz CT molecular complexity index is 3300. The van der Waals surface area contributed by atoms with E-state index >= 15 is 8.78 Å². The molecule has 6 N–H and O–H groups in total. The predicted molar refractivity (Wildman–Crippen MR) is 300 cm³/mol. The van der Waals surface area contributed by atoms with Gasteiger partial charge in [-0.25, -0.2) is 42.1 Å². The molecular formula is C57H67F10N10O13P. The summed E-state index contributed by atoms with van der Waals surface area (Å²) >= 11 is 0. The topological polar surface area (TPSA) is 278 Å². The van der Waals surface area contributed by atoms with E-state index in [4.69, 9.17) is 9.47 Å². The van der Waals surface area contributed by atoms with Crippen LogP contribution in [0.25, 0.3) is 11.3 Å². The smallest absolute Gasteiger partial charge is 0.453 e. The highest BCUT2D eigenvalue weighted by atomic mass is 31.2. The molecule has 5 heterocycles. The van der Waals surface area contributed by atoms with Gasteiger partial charge in [0.05, 0.1) is 50.0 Å². The van der Waals surface area contributed by atoms with Crippen molar-refractivity contribution in [2.45, 2.75) is 121 Å². The normalized spacial score (nSPS) is 17.9. The number of ether oxygens (including phenoxy) is 4. The molecule has 2 unspecified atom stereocenters. The van der Waals surface area contributed by atoms with Crippen LogP contribution in [0.15, 0.2) is 67.0 Å². The van der Waals surface area contributed by atoms with E-state index in [1.165, 1.54) is 24.3 Å². The Hall–Kier alpha value is -7.60. The monoisotopic (exact) mass is 1320 g/mol. The van der Waals surface area contributed by atoms with Gasteiger partial charge in [-0.3, -0.25) is 24.7 Å². The Balaban J connectivity index is 1.28. The van der Waals surface area contributed by atoms with Crippen molar-refractivity contribution >= 4 is 43.6 Å². The van der Waals surface area contributed by atoms with Gasteiger partial charge in [0.15, 0.2) is 0 Å². The molecule has 4 amide bonds. The van der Waals surface area contributed by atoms with Crippen molar-refractivity contribution in [2.75, 3.05) is 58.8 Å². The minimum absolute atomic E-state index is 0.170. The fourth-order valence-electron chi connectivity index (χ4n) is 10.6. The van der Waals surface area contributed by atoms with Crippen molar-refractivity contribution < 1.29 is 106 Å². The molecule has 34 heteroatoms. The number of benzene rings is 2. The molecule has 498 valence electrons. The zero-order chi connectivity index (χ0) is 67.0. The zero-order valence-corrected chi connectivity index (χ0v) is 50.6. The Morgan fingerprint density at radius 2 is 1.35 bits per heavy atom. The van der Waals surface area contributed by atoms with Gasteiger partial charge in [-0.05, 0) is 107 Å². The number of phosphoric acid groups is 1. The average Bonchev–Trinajstić information content (AvgIpc) is 1.78. The number of carbonyl (C=O) groups is 5. The number of pyridine rings is 1. The summed E-state index contributed by atoms with van der Waals surface area (Å²) in [6.45, 7) is -1.54. The molecule has 0 radical (unpaired) electrons. The summed E-state index contributed by atoms with van der Waals surface area (Å²) in [7, 11) is -3.72. The molecule has 2 aromatic heterocycles. The van der Waals surface area contributed by atoms with Gasteiger partial charge in [0.1, 0.15) is 29.5 Å². The second-order valence-corrected chi connectivity index (χ2v) is 24.2. The van der Waals surface area contributed by atoms with E-state index in [1.807, 2.05) is 11.4 Å². The summed E-state index contributed by atoms with van der Waals surface area (Å²) in [6.07, 6.45) is -11.2. The van der Waals surface area contributed by atoms with E-state index < -0.39 is 153 Å². The number of carbonyl (C=O) groups excluding carboxylic acids is 5.